The fraction of sp³-hybridized carbons (Fsp3) is 0.440. The minimum atomic E-state index is -0.203. The number of ether oxygens (including phenoxy) is 2. The normalized spacial score (nSPS) is 13.0. The second-order valence-electron chi connectivity index (χ2n) is 8.31. The lowest BCUT2D eigenvalue weighted by atomic mass is 10.00. The van der Waals surface area contributed by atoms with Gasteiger partial charge in [-0.15, -0.1) is 0 Å². The molecule has 2 aromatic rings. The summed E-state index contributed by atoms with van der Waals surface area (Å²) >= 11 is 0. The van der Waals surface area contributed by atoms with Gasteiger partial charge in [0.05, 0.1) is 19.8 Å². The largest absolute Gasteiger partial charge is 0.497 e. The molecule has 1 aliphatic rings. The topological polar surface area (TPSA) is 59.1 Å². The van der Waals surface area contributed by atoms with Crippen LogP contribution in [0.15, 0.2) is 42.5 Å². The lowest BCUT2D eigenvalue weighted by molar-refractivity contribution is -0.132. The van der Waals surface area contributed by atoms with E-state index in [4.69, 9.17) is 9.47 Å². The van der Waals surface area contributed by atoms with E-state index in [2.05, 4.69) is 26.0 Å². The van der Waals surface area contributed by atoms with E-state index in [1.54, 1.807) is 30.2 Å². The van der Waals surface area contributed by atoms with Crippen LogP contribution in [0.3, 0.4) is 0 Å². The van der Waals surface area contributed by atoms with Gasteiger partial charge in [0, 0.05) is 25.7 Å². The minimum Gasteiger partial charge on any atom is -0.497 e. The Hall–Kier alpha value is -3.02. The number of rotatable bonds is 8. The summed E-state index contributed by atoms with van der Waals surface area (Å²) in [6, 6.07) is 13.3. The van der Waals surface area contributed by atoms with Gasteiger partial charge in [-0.05, 0) is 42.0 Å². The number of hydrogen-bond donors (Lipinski definition) is 0. The van der Waals surface area contributed by atoms with E-state index in [1.807, 2.05) is 17.0 Å². The fourth-order valence-electron chi connectivity index (χ4n) is 3.78. The highest BCUT2D eigenvalue weighted by molar-refractivity contribution is 5.99. The van der Waals surface area contributed by atoms with Crippen molar-refractivity contribution in [1.82, 2.24) is 9.80 Å². The molecule has 166 valence electrons. The second-order valence-corrected chi connectivity index (χ2v) is 8.31. The summed E-state index contributed by atoms with van der Waals surface area (Å²) in [5, 5.41) is 0. The average molecular weight is 425 g/mol. The molecule has 6 heteroatoms. The van der Waals surface area contributed by atoms with Crippen LogP contribution in [0.25, 0.3) is 0 Å². The van der Waals surface area contributed by atoms with Gasteiger partial charge in [0.1, 0.15) is 18.0 Å². The van der Waals surface area contributed by atoms with E-state index >= 15 is 0 Å². The molecule has 0 atom stereocenters. The standard InChI is InChI=1S/C25H32N2O4/c1-18(2)11-13-27(25(29)22-10-9-21(30-3)15-23(22)31-4)17-24(28)26-14-12-19-7-5-6-8-20(19)16-26/h5-10,15,18H,11-14,16-17H2,1-4H3. The molecule has 0 fully saturated rings. The number of hydrogen-bond acceptors (Lipinski definition) is 4. The maximum atomic E-state index is 13.4. The number of carbonyl (C=O) groups excluding carboxylic acids is 2. The first-order valence-electron chi connectivity index (χ1n) is 10.8. The van der Waals surface area contributed by atoms with Crippen LogP contribution in [0.1, 0.15) is 41.8 Å². The molecule has 31 heavy (non-hydrogen) atoms. The van der Waals surface area contributed by atoms with Crippen molar-refractivity contribution in [2.45, 2.75) is 33.2 Å². The molecular weight excluding hydrogens is 392 g/mol. The van der Waals surface area contributed by atoms with Crippen molar-refractivity contribution in [3.63, 3.8) is 0 Å². The molecule has 6 nitrogen and oxygen atoms in total. The van der Waals surface area contributed by atoms with Gasteiger partial charge >= 0.3 is 0 Å². The smallest absolute Gasteiger partial charge is 0.258 e. The van der Waals surface area contributed by atoms with Gasteiger partial charge in [0.15, 0.2) is 0 Å². The molecule has 0 aromatic heterocycles. The predicted octanol–water partition coefficient (Wildman–Crippen LogP) is 3.78. The van der Waals surface area contributed by atoms with Crippen LogP contribution in [-0.4, -0.2) is 55.5 Å². The van der Waals surface area contributed by atoms with Gasteiger partial charge < -0.3 is 19.3 Å². The molecular formula is C25H32N2O4. The number of amides is 2. The molecule has 0 N–H and O–H groups in total. The average Bonchev–Trinajstić information content (AvgIpc) is 2.80. The zero-order valence-electron chi connectivity index (χ0n) is 18.9. The molecule has 0 spiro atoms. The Bertz CT molecular complexity index is 925. The van der Waals surface area contributed by atoms with Gasteiger partial charge in [-0.25, -0.2) is 0 Å². The lowest BCUT2D eigenvalue weighted by Gasteiger charge is -2.32. The number of benzene rings is 2. The van der Waals surface area contributed by atoms with Crippen molar-refractivity contribution in [3.8, 4) is 11.5 Å². The summed E-state index contributed by atoms with van der Waals surface area (Å²) in [4.78, 5) is 30.0. The van der Waals surface area contributed by atoms with E-state index in [1.165, 1.54) is 18.2 Å². The molecule has 0 radical (unpaired) electrons. The van der Waals surface area contributed by atoms with Crippen molar-refractivity contribution in [1.29, 1.82) is 0 Å². The summed E-state index contributed by atoms with van der Waals surface area (Å²) in [7, 11) is 3.10. The van der Waals surface area contributed by atoms with Crippen molar-refractivity contribution >= 4 is 11.8 Å². The molecule has 0 unspecified atom stereocenters. The maximum Gasteiger partial charge on any atom is 0.258 e. The zero-order chi connectivity index (χ0) is 22.4. The molecule has 0 bridgehead atoms. The van der Waals surface area contributed by atoms with Gasteiger partial charge in [-0.1, -0.05) is 38.1 Å². The SMILES string of the molecule is COc1ccc(C(=O)N(CCC(C)C)CC(=O)N2CCc3ccccc3C2)c(OC)c1. The summed E-state index contributed by atoms with van der Waals surface area (Å²) in [6.07, 6.45) is 1.66. The monoisotopic (exact) mass is 424 g/mol. The third-order valence-electron chi connectivity index (χ3n) is 5.71. The maximum absolute atomic E-state index is 13.4. The van der Waals surface area contributed by atoms with Crippen LogP contribution < -0.4 is 9.47 Å². The Morgan fingerprint density at radius 3 is 2.48 bits per heavy atom. The molecule has 1 aliphatic heterocycles. The molecule has 0 aliphatic carbocycles. The minimum absolute atomic E-state index is 0.0286. The highest BCUT2D eigenvalue weighted by Gasteiger charge is 2.26. The Balaban J connectivity index is 1.78. The zero-order valence-corrected chi connectivity index (χ0v) is 18.9. The number of fused-ring (bicyclic) bond motifs is 1. The van der Waals surface area contributed by atoms with Gasteiger partial charge in [0.25, 0.3) is 5.91 Å². The quantitative estimate of drug-likeness (QED) is 0.647. The number of nitrogens with zero attached hydrogens (tertiary/aromatic N) is 2. The van der Waals surface area contributed by atoms with Crippen LogP contribution >= 0.6 is 0 Å². The summed E-state index contributed by atoms with van der Waals surface area (Å²) < 4.78 is 10.7. The Kier molecular flexibility index (Phi) is 7.55. The summed E-state index contributed by atoms with van der Waals surface area (Å²) in [5.74, 6) is 1.25. The van der Waals surface area contributed by atoms with Gasteiger partial charge in [-0.3, -0.25) is 9.59 Å². The molecule has 0 saturated heterocycles. The van der Waals surface area contributed by atoms with Gasteiger partial charge in [-0.2, -0.15) is 0 Å². The summed E-state index contributed by atoms with van der Waals surface area (Å²) in [5.41, 5.74) is 2.91. The highest BCUT2D eigenvalue weighted by atomic mass is 16.5. The van der Waals surface area contributed by atoms with E-state index in [0.29, 0.717) is 42.6 Å². The molecule has 1 heterocycles. The Morgan fingerprint density at radius 1 is 1.06 bits per heavy atom. The lowest BCUT2D eigenvalue weighted by Crippen LogP contribution is -2.45. The number of methoxy groups -OCH3 is 2. The van der Waals surface area contributed by atoms with Crippen LogP contribution in [-0.2, 0) is 17.8 Å². The Labute approximate surface area is 184 Å². The predicted molar refractivity (Wildman–Crippen MR) is 120 cm³/mol. The third-order valence-corrected chi connectivity index (χ3v) is 5.71. The van der Waals surface area contributed by atoms with Crippen molar-refractivity contribution < 1.29 is 19.1 Å². The van der Waals surface area contributed by atoms with Gasteiger partial charge in [0.2, 0.25) is 5.91 Å². The van der Waals surface area contributed by atoms with Crippen LogP contribution in [0, 0.1) is 5.92 Å². The summed E-state index contributed by atoms with van der Waals surface area (Å²) in [6.45, 7) is 6.06. The molecule has 2 amide bonds. The fourth-order valence-corrected chi connectivity index (χ4v) is 3.78. The molecule has 0 saturated carbocycles. The van der Waals surface area contributed by atoms with E-state index in [0.717, 1.165) is 12.8 Å². The van der Waals surface area contributed by atoms with Crippen molar-refractivity contribution in [2.24, 2.45) is 5.92 Å². The van der Waals surface area contributed by atoms with Crippen molar-refractivity contribution in [3.05, 3.63) is 59.2 Å². The van der Waals surface area contributed by atoms with E-state index in [9.17, 15) is 9.59 Å². The first kappa shape index (κ1) is 22.7. The van der Waals surface area contributed by atoms with Crippen LogP contribution in [0.4, 0.5) is 0 Å². The Morgan fingerprint density at radius 2 is 1.81 bits per heavy atom. The van der Waals surface area contributed by atoms with Crippen LogP contribution in [0.2, 0.25) is 0 Å². The molecule has 2 aromatic carbocycles. The van der Waals surface area contributed by atoms with Crippen molar-refractivity contribution in [2.75, 3.05) is 33.9 Å². The first-order valence-corrected chi connectivity index (χ1v) is 10.8. The van der Waals surface area contributed by atoms with Crippen LogP contribution in [0.5, 0.6) is 11.5 Å². The number of carbonyl (C=O) groups is 2. The second kappa shape index (κ2) is 10.3. The first-order chi connectivity index (χ1) is 14.9. The van der Waals surface area contributed by atoms with E-state index in [-0.39, 0.29) is 18.4 Å². The molecule has 3 rings (SSSR count). The highest BCUT2D eigenvalue weighted by Crippen LogP contribution is 2.26. The van der Waals surface area contributed by atoms with E-state index < -0.39 is 0 Å². The third kappa shape index (κ3) is 5.57.